The molecule has 4 unspecified atom stereocenters. The first-order chi connectivity index (χ1) is 8.45. The summed E-state index contributed by atoms with van der Waals surface area (Å²) in [5, 5.41) is 3.19. The molecule has 2 aliphatic carbocycles. The van der Waals surface area contributed by atoms with Crippen LogP contribution in [0, 0.1) is 11.3 Å². The highest BCUT2D eigenvalue weighted by Gasteiger charge is 2.49. The maximum atomic E-state index is 12.2. The van der Waals surface area contributed by atoms with E-state index >= 15 is 0 Å². The fourth-order valence-corrected chi connectivity index (χ4v) is 3.29. The SMILES string of the molecule is COC1CC(NC(=O)C2CCCC(N)C2)C1(C)C. The normalized spacial score (nSPS) is 38.9. The molecule has 4 heteroatoms. The first-order valence-corrected chi connectivity index (χ1v) is 7.04. The van der Waals surface area contributed by atoms with Crippen molar-refractivity contribution >= 4 is 5.91 Å². The molecule has 0 saturated heterocycles. The van der Waals surface area contributed by atoms with E-state index in [4.69, 9.17) is 10.5 Å². The minimum Gasteiger partial charge on any atom is -0.381 e. The molecule has 18 heavy (non-hydrogen) atoms. The zero-order chi connectivity index (χ0) is 13.3. The summed E-state index contributed by atoms with van der Waals surface area (Å²) in [6.45, 7) is 4.31. The van der Waals surface area contributed by atoms with Crippen LogP contribution < -0.4 is 11.1 Å². The van der Waals surface area contributed by atoms with Gasteiger partial charge in [-0.3, -0.25) is 4.79 Å². The predicted octanol–water partition coefficient (Wildman–Crippen LogP) is 1.43. The summed E-state index contributed by atoms with van der Waals surface area (Å²) in [6, 6.07) is 0.448. The Hall–Kier alpha value is -0.610. The number of nitrogens with one attached hydrogen (secondary N) is 1. The summed E-state index contributed by atoms with van der Waals surface area (Å²) in [6.07, 6.45) is 5.15. The molecule has 0 bridgehead atoms. The molecule has 0 aromatic heterocycles. The maximum Gasteiger partial charge on any atom is 0.223 e. The van der Waals surface area contributed by atoms with Gasteiger partial charge >= 0.3 is 0 Å². The van der Waals surface area contributed by atoms with Crippen molar-refractivity contribution in [2.45, 2.75) is 64.1 Å². The number of carbonyl (C=O) groups excluding carboxylic acids is 1. The fourth-order valence-electron chi connectivity index (χ4n) is 3.29. The lowest BCUT2D eigenvalue weighted by atomic mass is 9.64. The van der Waals surface area contributed by atoms with E-state index in [-0.39, 0.29) is 35.4 Å². The van der Waals surface area contributed by atoms with Crippen molar-refractivity contribution in [2.24, 2.45) is 17.1 Å². The maximum absolute atomic E-state index is 12.2. The zero-order valence-electron chi connectivity index (χ0n) is 11.7. The lowest BCUT2D eigenvalue weighted by molar-refractivity contribution is -0.137. The molecule has 104 valence electrons. The highest BCUT2D eigenvalue weighted by atomic mass is 16.5. The zero-order valence-corrected chi connectivity index (χ0v) is 11.7. The third kappa shape index (κ3) is 2.54. The van der Waals surface area contributed by atoms with Crippen LogP contribution in [0.5, 0.6) is 0 Å². The third-order valence-electron chi connectivity index (χ3n) is 4.86. The summed E-state index contributed by atoms with van der Waals surface area (Å²) in [5.41, 5.74) is 5.98. The van der Waals surface area contributed by atoms with Crippen LogP contribution >= 0.6 is 0 Å². The van der Waals surface area contributed by atoms with E-state index in [0.717, 1.165) is 32.1 Å². The van der Waals surface area contributed by atoms with Crippen LogP contribution in [-0.2, 0) is 9.53 Å². The Bertz CT molecular complexity index is 317. The Labute approximate surface area is 110 Å². The molecule has 3 N–H and O–H groups in total. The number of hydrogen-bond donors (Lipinski definition) is 2. The second-order valence-corrected chi connectivity index (χ2v) is 6.47. The number of nitrogens with two attached hydrogens (primary N) is 1. The van der Waals surface area contributed by atoms with Crippen LogP contribution in [0.2, 0.25) is 0 Å². The van der Waals surface area contributed by atoms with Gasteiger partial charge in [0.15, 0.2) is 0 Å². The van der Waals surface area contributed by atoms with E-state index in [1.54, 1.807) is 7.11 Å². The molecule has 2 fully saturated rings. The molecule has 4 nitrogen and oxygen atoms in total. The van der Waals surface area contributed by atoms with Crippen molar-refractivity contribution in [2.75, 3.05) is 7.11 Å². The second-order valence-electron chi connectivity index (χ2n) is 6.47. The van der Waals surface area contributed by atoms with Gasteiger partial charge in [0, 0.05) is 30.5 Å². The van der Waals surface area contributed by atoms with Gasteiger partial charge in [0.05, 0.1) is 6.10 Å². The molecule has 2 rings (SSSR count). The van der Waals surface area contributed by atoms with E-state index in [2.05, 4.69) is 19.2 Å². The minimum absolute atomic E-state index is 0.0429. The van der Waals surface area contributed by atoms with Crippen molar-refractivity contribution in [3.63, 3.8) is 0 Å². The van der Waals surface area contributed by atoms with Crippen LogP contribution in [0.4, 0.5) is 0 Å². The molecule has 0 aliphatic heterocycles. The van der Waals surface area contributed by atoms with E-state index in [0.29, 0.717) is 0 Å². The second kappa shape index (κ2) is 5.17. The average molecular weight is 254 g/mol. The van der Waals surface area contributed by atoms with Gasteiger partial charge in [-0.2, -0.15) is 0 Å². The molecule has 2 aliphatic rings. The van der Waals surface area contributed by atoms with E-state index in [1.165, 1.54) is 0 Å². The highest BCUT2D eigenvalue weighted by Crippen LogP contribution is 2.42. The van der Waals surface area contributed by atoms with Gasteiger partial charge in [-0.25, -0.2) is 0 Å². The van der Waals surface area contributed by atoms with Crippen LogP contribution in [0.15, 0.2) is 0 Å². The van der Waals surface area contributed by atoms with E-state index in [1.807, 2.05) is 0 Å². The molecular formula is C14H26N2O2. The van der Waals surface area contributed by atoms with Crippen molar-refractivity contribution < 1.29 is 9.53 Å². The van der Waals surface area contributed by atoms with Gasteiger partial charge in [-0.1, -0.05) is 20.3 Å². The number of amides is 1. The smallest absolute Gasteiger partial charge is 0.223 e. The van der Waals surface area contributed by atoms with Gasteiger partial charge < -0.3 is 15.8 Å². The van der Waals surface area contributed by atoms with E-state index in [9.17, 15) is 4.79 Å². The van der Waals surface area contributed by atoms with Crippen molar-refractivity contribution in [3.8, 4) is 0 Å². The van der Waals surface area contributed by atoms with Gasteiger partial charge in [0.2, 0.25) is 5.91 Å². The Morgan fingerprint density at radius 1 is 1.33 bits per heavy atom. The average Bonchev–Trinajstić information content (AvgIpc) is 2.33. The van der Waals surface area contributed by atoms with Gasteiger partial charge in [0.25, 0.3) is 0 Å². The standard InChI is InChI=1S/C14H26N2O2/c1-14(2)11(8-12(14)18-3)16-13(17)9-5-4-6-10(15)7-9/h9-12H,4-8,15H2,1-3H3,(H,16,17). The Balaban J connectivity index is 1.85. The fraction of sp³-hybridized carbons (Fsp3) is 0.929. The summed E-state index contributed by atoms with van der Waals surface area (Å²) < 4.78 is 5.40. The molecule has 0 radical (unpaired) electrons. The Kier molecular flexibility index (Phi) is 3.97. The molecule has 2 saturated carbocycles. The Morgan fingerprint density at radius 3 is 2.61 bits per heavy atom. The number of hydrogen-bond acceptors (Lipinski definition) is 3. The molecule has 0 heterocycles. The third-order valence-corrected chi connectivity index (χ3v) is 4.86. The predicted molar refractivity (Wildman–Crippen MR) is 71.1 cm³/mol. The minimum atomic E-state index is 0.0429. The summed E-state index contributed by atoms with van der Waals surface area (Å²) in [5.74, 6) is 0.309. The number of methoxy groups -OCH3 is 1. The highest BCUT2D eigenvalue weighted by molar-refractivity contribution is 5.79. The monoisotopic (exact) mass is 254 g/mol. The number of ether oxygens (including phenoxy) is 1. The Morgan fingerprint density at radius 2 is 2.06 bits per heavy atom. The van der Waals surface area contributed by atoms with Gasteiger partial charge in [-0.05, 0) is 25.7 Å². The quantitative estimate of drug-likeness (QED) is 0.801. The largest absolute Gasteiger partial charge is 0.381 e. The van der Waals surface area contributed by atoms with Crippen LogP contribution in [0.25, 0.3) is 0 Å². The first kappa shape index (κ1) is 13.8. The summed E-state index contributed by atoms with van der Waals surface area (Å²) in [4.78, 5) is 12.2. The van der Waals surface area contributed by atoms with Crippen LogP contribution in [0.1, 0.15) is 46.0 Å². The molecule has 1 amide bonds. The van der Waals surface area contributed by atoms with Crippen molar-refractivity contribution in [1.29, 1.82) is 0 Å². The number of carbonyl (C=O) groups is 1. The van der Waals surface area contributed by atoms with E-state index < -0.39 is 0 Å². The summed E-state index contributed by atoms with van der Waals surface area (Å²) in [7, 11) is 1.74. The summed E-state index contributed by atoms with van der Waals surface area (Å²) >= 11 is 0. The van der Waals surface area contributed by atoms with Crippen molar-refractivity contribution in [3.05, 3.63) is 0 Å². The van der Waals surface area contributed by atoms with Crippen LogP contribution in [0.3, 0.4) is 0 Å². The molecule has 0 aromatic rings. The molecule has 4 atom stereocenters. The molecular weight excluding hydrogens is 228 g/mol. The number of rotatable bonds is 3. The first-order valence-electron chi connectivity index (χ1n) is 7.04. The molecule has 0 spiro atoms. The van der Waals surface area contributed by atoms with Crippen molar-refractivity contribution in [1.82, 2.24) is 5.32 Å². The van der Waals surface area contributed by atoms with Gasteiger partial charge in [0.1, 0.15) is 0 Å². The lowest BCUT2D eigenvalue weighted by Crippen LogP contribution is -2.62. The van der Waals surface area contributed by atoms with Crippen LogP contribution in [-0.4, -0.2) is 31.2 Å². The lowest BCUT2D eigenvalue weighted by Gasteiger charge is -2.51. The topological polar surface area (TPSA) is 64.3 Å². The van der Waals surface area contributed by atoms with Gasteiger partial charge in [-0.15, -0.1) is 0 Å². The molecule has 0 aromatic carbocycles.